The van der Waals surface area contributed by atoms with E-state index in [-0.39, 0.29) is 5.54 Å². The molecule has 0 aromatic heterocycles. The Kier molecular flexibility index (Phi) is 4.07. The van der Waals surface area contributed by atoms with Crippen LogP contribution in [0.2, 0.25) is 0 Å². The summed E-state index contributed by atoms with van der Waals surface area (Å²) in [6, 6.07) is 1.24. The number of nitrogens with zero attached hydrogens (tertiary/aromatic N) is 1. The van der Waals surface area contributed by atoms with Gasteiger partial charge in [-0.05, 0) is 53.0 Å². The first-order chi connectivity index (χ1) is 7.14. The van der Waals surface area contributed by atoms with Crippen molar-refractivity contribution in [1.29, 1.82) is 0 Å². The highest BCUT2D eigenvalue weighted by molar-refractivity contribution is 4.95. The Balaban J connectivity index is 2.70. The lowest BCUT2D eigenvalue weighted by Crippen LogP contribution is -2.53. The molecular formula is C14H30N2. The highest BCUT2D eigenvalue weighted by Gasteiger charge is 2.37. The minimum absolute atomic E-state index is 0.258. The van der Waals surface area contributed by atoms with Crippen molar-refractivity contribution in [2.75, 3.05) is 13.1 Å². The van der Waals surface area contributed by atoms with Gasteiger partial charge in [0.2, 0.25) is 0 Å². The van der Waals surface area contributed by atoms with Gasteiger partial charge in [0.25, 0.3) is 0 Å². The maximum atomic E-state index is 3.66. The predicted octanol–water partition coefficient (Wildman–Crippen LogP) is 2.88. The fraction of sp³-hybridized carbons (Fsp3) is 1.00. The third kappa shape index (κ3) is 3.21. The monoisotopic (exact) mass is 226 g/mol. The Hall–Kier alpha value is -0.0800. The van der Waals surface area contributed by atoms with Crippen molar-refractivity contribution >= 4 is 0 Å². The van der Waals surface area contributed by atoms with Gasteiger partial charge in [-0.3, -0.25) is 4.90 Å². The Bertz CT molecular complexity index is 225. The van der Waals surface area contributed by atoms with Gasteiger partial charge in [-0.15, -0.1) is 0 Å². The molecule has 1 N–H and O–H groups in total. The third-order valence-corrected chi connectivity index (χ3v) is 3.97. The number of hydrogen-bond donors (Lipinski definition) is 1. The summed E-state index contributed by atoms with van der Waals surface area (Å²) >= 11 is 0. The molecule has 1 aliphatic heterocycles. The molecule has 1 saturated heterocycles. The quantitative estimate of drug-likeness (QED) is 0.796. The average Bonchev–Trinajstić information content (AvgIpc) is 2.38. The lowest BCUT2D eigenvalue weighted by Gasteiger charge is -2.42. The maximum Gasteiger partial charge on any atom is 0.0246 e. The van der Waals surface area contributed by atoms with E-state index in [0.717, 1.165) is 6.54 Å². The van der Waals surface area contributed by atoms with Crippen molar-refractivity contribution in [2.24, 2.45) is 5.41 Å². The molecule has 0 bridgehead atoms. The summed E-state index contributed by atoms with van der Waals surface area (Å²) in [4.78, 5) is 2.61. The summed E-state index contributed by atoms with van der Waals surface area (Å²) in [6.45, 7) is 18.7. The molecule has 1 fully saturated rings. The van der Waals surface area contributed by atoms with Gasteiger partial charge in [-0.1, -0.05) is 13.8 Å². The van der Waals surface area contributed by atoms with E-state index in [1.54, 1.807) is 0 Å². The summed E-state index contributed by atoms with van der Waals surface area (Å²) in [5, 5.41) is 3.66. The van der Waals surface area contributed by atoms with Crippen LogP contribution in [0, 0.1) is 5.41 Å². The molecular weight excluding hydrogens is 196 g/mol. The first kappa shape index (κ1) is 14.0. The van der Waals surface area contributed by atoms with Crippen LogP contribution in [-0.4, -0.2) is 35.6 Å². The molecule has 0 radical (unpaired) electrons. The summed E-state index contributed by atoms with van der Waals surface area (Å²) in [5.74, 6) is 0. The molecule has 0 aromatic rings. The largest absolute Gasteiger partial charge is 0.312 e. The molecule has 0 aliphatic carbocycles. The zero-order valence-electron chi connectivity index (χ0n) is 12.2. The Labute approximate surface area is 102 Å². The zero-order chi connectivity index (χ0) is 12.6. The molecule has 1 atom stereocenters. The van der Waals surface area contributed by atoms with Crippen LogP contribution in [0.1, 0.15) is 54.9 Å². The maximum absolute atomic E-state index is 3.66. The molecule has 96 valence electrons. The number of nitrogens with one attached hydrogen (secondary N) is 1. The highest BCUT2D eigenvalue weighted by atomic mass is 15.2. The van der Waals surface area contributed by atoms with Gasteiger partial charge in [0.05, 0.1) is 0 Å². The van der Waals surface area contributed by atoms with E-state index >= 15 is 0 Å². The van der Waals surface area contributed by atoms with Crippen molar-refractivity contribution < 1.29 is 0 Å². The second-order valence-electron chi connectivity index (χ2n) is 7.16. The van der Waals surface area contributed by atoms with Crippen LogP contribution in [-0.2, 0) is 0 Å². The van der Waals surface area contributed by atoms with Crippen LogP contribution >= 0.6 is 0 Å². The van der Waals surface area contributed by atoms with E-state index in [1.165, 1.54) is 13.0 Å². The molecule has 1 heterocycles. The summed E-state index contributed by atoms with van der Waals surface area (Å²) in [7, 11) is 0. The van der Waals surface area contributed by atoms with Gasteiger partial charge in [0.15, 0.2) is 0 Å². The molecule has 16 heavy (non-hydrogen) atoms. The molecule has 0 aromatic carbocycles. The SMILES string of the molecule is CC(C)N(CC1NCCC1(C)C)C(C)(C)C. The van der Waals surface area contributed by atoms with Gasteiger partial charge in [-0.25, -0.2) is 0 Å². The van der Waals surface area contributed by atoms with Crippen molar-refractivity contribution in [3.05, 3.63) is 0 Å². The Morgan fingerprint density at radius 3 is 2.19 bits per heavy atom. The first-order valence-corrected chi connectivity index (χ1v) is 6.65. The van der Waals surface area contributed by atoms with Gasteiger partial charge in [-0.2, -0.15) is 0 Å². The van der Waals surface area contributed by atoms with Crippen LogP contribution in [0.15, 0.2) is 0 Å². The highest BCUT2D eigenvalue weighted by Crippen LogP contribution is 2.32. The van der Waals surface area contributed by atoms with E-state index in [2.05, 4.69) is 58.7 Å². The summed E-state index contributed by atoms with van der Waals surface area (Å²) in [6.07, 6.45) is 1.30. The smallest absolute Gasteiger partial charge is 0.0246 e. The van der Waals surface area contributed by atoms with E-state index in [1.807, 2.05) is 0 Å². The normalized spacial score (nSPS) is 25.7. The first-order valence-electron chi connectivity index (χ1n) is 6.65. The van der Waals surface area contributed by atoms with Crippen molar-refractivity contribution in [3.8, 4) is 0 Å². The summed E-state index contributed by atoms with van der Waals surface area (Å²) < 4.78 is 0. The van der Waals surface area contributed by atoms with E-state index in [0.29, 0.717) is 17.5 Å². The van der Waals surface area contributed by atoms with Crippen molar-refractivity contribution in [3.63, 3.8) is 0 Å². The van der Waals surface area contributed by atoms with Gasteiger partial charge < -0.3 is 5.32 Å². The van der Waals surface area contributed by atoms with Gasteiger partial charge >= 0.3 is 0 Å². The Morgan fingerprint density at radius 2 is 1.88 bits per heavy atom. The minimum atomic E-state index is 0.258. The minimum Gasteiger partial charge on any atom is -0.312 e. The number of hydrogen-bond acceptors (Lipinski definition) is 2. The molecule has 0 saturated carbocycles. The van der Waals surface area contributed by atoms with E-state index in [9.17, 15) is 0 Å². The van der Waals surface area contributed by atoms with Crippen LogP contribution in [0.4, 0.5) is 0 Å². The molecule has 1 rings (SSSR count). The lowest BCUT2D eigenvalue weighted by molar-refractivity contribution is 0.0720. The van der Waals surface area contributed by atoms with Crippen LogP contribution in [0.25, 0.3) is 0 Å². The average molecular weight is 226 g/mol. The third-order valence-electron chi connectivity index (χ3n) is 3.97. The molecule has 1 unspecified atom stereocenters. The second kappa shape index (κ2) is 4.66. The second-order valence-corrected chi connectivity index (χ2v) is 7.16. The molecule has 0 amide bonds. The fourth-order valence-corrected chi connectivity index (χ4v) is 2.79. The predicted molar refractivity (Wildman–Crippen MR) is 71.8 cm³/mol. The standard InChI is InChI=1S/C14H30N2/c1-11(2)16(13(3,4)5)10-12-14(6,7)8-9-15-12/h11-12,15H,8-10H2,1-7H3. The van der Waals surface area contributed by atoms with Gasteiger partial charge in [0.1, 0.15) is 0 Å². The molecule has 2 nitrogen and oxygen atoms in total. The molecule has 0 spiro atoms. The topological polar surface area (TPSA) is 15.3 Å². The lowest BCUT2D eigenvalue weighted by atomic mass is 9.84. The van der Waals surface area contributed by atoms with Crippen LogP contribution in [0.5, 0.6) is 0 Å². The van der Waals surface area contributed by atoms with Crippen LogP contribution in [0.3, 0.4) is 0 Å². The zero-order valence-corrected chi connectivity index (χ0v) is 12.2. The van der Waals surface area contributed by atoms with Crippen molar-refractivity contribution in [2.45, 2.75) is 72.5 Å². The number of rotatable bonds is 3. The van der Waals surface area contributed by atoms with Crippen LogP contribution < -0.4 is 5.32 Å². The van der Waals surface area contributed by atoms with Gasteiger partial charge in [0, 0.05) is 24.2 Å². The molecule has 1 aliphatic rings. The van der Waals surface area contributed by atoms with E-state index in [4.69, 9.17) is 0 Å². The summed E-state index contributed by atoms with van der Waals surface area (Å²) in [5.41, 5.74) is 0.701. The Morgan fingerprint density at radius 1 is 1.31 bits per heavy atom. The van der Waals surface area contributed by atoms with E-state index < -0.39 is 0 Å². The van der Waals surface area contributed by atoms with Crippen molar-refractivity contribution in [1.82, 2.24) is 10.2 Å². The molecule has 2 heteroatoms. The fourth-order valence-electron chi connectivity index (χ4n) is 2.79.